The van der Waals surface area contributed by atoms with Crippen molar-refractivity contribution in [2.24, 2.45) is 0 Å². The molecule has 2 aromatic carbocycles. The minimum Gasteiger partial charge on any atom is -0.378 e. The Morgan fingerprint density at radius 2 is 1.69 bits per heavy atom. The SMILES string of the molecule is CCOC1CCN(c2nnc(-c3ccc(Cl)cc3)c3ccccc23)CC1. The Bertz CT molecular complexity index is 889. The lowest BCUT2D eigenvalue weighted by Crippen LogP contribution is -2.37. The summed E-state index contributed by atoms with van der Waals surface area (Å²) in [6, 6.07) is 16.1. The van der Waals surface area contributed by atoms with Crippen molar-refractivity contribution >= 4 is 28.2 Å². The predicted octanol–water partition coefficient (Wildman–Crippen LogP) is 4.96. The van der Waals surface area contributed by atoms with E-state index >= 15 is 0 Å². The largest absolute Gasteiger partial charge is 0.378 e. The van der Waals surface area contributed by atoms with Gasteiger partial charge in [-0.2, -0.15) is 0 Å². The number of ether oxygens (including phenoxy) is 1. The standard InChI is InChI=1S/C21H22ClN3O/c1-2-26-17-11-13-25(14-12-17)21-19-6-4-3-5-18(19)20(23-24-21)15-7-9-16(22)10-8-15/h3-10,17H,2,11-14H2,1H3. The topological polar surface area (TPSA) is 38.2 Å². The van der Waals surface area contributed by atoms with Crippen LogP contribution in [0.3, 0.4) is 0 Å². The van der Waals surface area contributed by atoms with Gasteiger partial charge in [0.1, 0.15) is 5.69 Å². The smallest absolute Gasteiger partial charge is 0.159 e. The van der Waals surface area contributed by atoms with E-state index in [0.29, 0.717) is 6.10 Å². The summed E-state index contributed by atoms with van der Waals surface area (Å²) in [7, 11) is 0. The fraction of sp³-hybridized carbons (Fsp3) is 0.333. The van der Waals surface area contributed by atoms with Crippen molar-refractivity contribution in [2.45, 2.75) is 25.9 Å². The van der Waals surface area contributed by atoms with Crippen LogP contribution in [0.4, 0.5) is 5.82 Å². The highest BCUT2D eigenvalue weighted by Crippen LogP contribution is 2.33. The Balaban J connectivity index is 1.70. The Morgan fingerprint density at radius 1 is 1.00 bits per heavy atom. The molecule has 134 valence electrons. The lowest BCUT2D eigenvalue weighted by Gasteiger charge is -2.33. The molecular weight excluding hydrogens is 346 g/mol. The number of aromatic nitrogens is 2. The maximum Gasteiger partial charge on any atom is 0.159 e. The summed E-state index contributed by atoms with van der Waals surface area (Å²) >= 11 is 6.03. The van der Waals surface area contributed by atoms with Crippen molar-refractivity contribution in [1.82, 2.24) is 10.2 Å². The van der Waals surface area contributed by atoms with Crippen LogP contribution in [0.5, 0.6) is 0 Å². The van der Waals surface area contributed by atoms with Crippen molar-refractivity contribution < 1.29 is 4.74 Å². The van der Waals surface area contributed by atoms with Crippen LogP contribution in [0.25, 0.3) is 22.0 Å². The molecular formula is C21H22ClN3O. The summed E-state index contributed by atoms with van der Waals surface area (Å²) in [4.78, 5) is 2.33. The van der Waals surface area contributed by atoms with Crippen LogP contribution in [-0.4, -0.2) is 36.0 Å². The van der Waals surface area contributed by atoms with Gasteiger partial charge in [0, 0.05) is 41.1 Å². The highest BCUT2D eigenvalue weighted by Gasteiger charge is 2.22. The second-order valence-corrected chi connectivity index (χ2v) is 7.00. The maximum absolute atomic E-state index is 6.03. The first-order valence-electron chi connectivity index (χ1n) is 9.14. The third-order valence-electron chi connectivity index (χ3n) is 4.93. The van der Waals surface area contributed by atoms with Crippen LogP contribution >= 0.6 is 11.6 Å². The first-order valence-corrected chi connectivity index (χ1v) is 9.52. The van der Waals surface area contributed by atoms with E-state index in [1.807, 2.05) is 24.3 Å². The summed E-state index contributed by atoms with van der Waals surface area (Å²) in [5, 5.41) is 12.2. The van der Waals surface area contributed by atoms with Crippen LogP contribution < -0.4 is 4.90 Å². The zero-order chi connectivity index (χ0) is 17.9. The fourth-order valence-electron chi connectivity index (χ4n) is 3.61. The molecule has 1 aliphatic rings. The van der Waals surface area contributed by atoms with Gasteiger partial charge >= 0.3 is 0 Å². The molecule has 0 aliphatic carbocycles. The molecule has 0 N–H and O–H groups in total. The van der Waals surface area contributed by atoms with Gasteiger partial charge in [0.25, 0.3) is 0 Å². The maximum atomic E-state index is 6.03. The lowest BCUT2D eigenvalue weighted by molar-refractivity contribution is 0.0458. The number of rotatable bonds is 4. The van der Waals surface area contributed by atoms with Crippen LogP contribution in [0, 0.1) is 0 Å². The molecule has 2 heterocycles. The molecule has 0 saturated carbocycles. The molecule has 0 bridgehead atoms. The molecule has 0 unspecified atom stereocenters. The average molecular weight is 368 g/mol. The van der Waals surface area contributed by atoms with Crippen molar-refractivity contribution in [1.29, 1.82) is 0 Å². The fourth-order valence-corrected chi connectivity index (χ4v) is 3.74. The molecule has 0 atom stereocenters. The summed E-state index contributed by atoms with van der Waals surface area (Å²) in [5.74, 6) is 0.966. The molecule has 0 amide bonds. The zero-order valence-corrected chi connectivity index (χ0v) is 15.6. The van der Waals surface area contributed by atoms with E-state index in [-0.39, 0.29) is 0 Å². The number of piperidine rings is 1. The number of hydrogen-bond acceptors (Lipinski definition) is 4. The molecule has 26 heavy (non-hydrogen) atoms. The Labute approximate surface area is 158 Å². The predicted molar refractivity (Wildman–Crippen MR) is 107 cm³/mol. The number of benzene rings is 2. The molecule has 1 fully saturated rings. The van der Waals surface area contributed by atoms with Crippen molar-refractivity contribution in [3.05, 3.63) is 53.6 Å². The number of fused-ring (bicyclic) bond motifs is 1. The normalized spacial score (nSPS) is 15.5. The van der Waals surface area contributed by atoms with Crippen LogP contribution in [0.1, 0.15) is 19.8 Å². The van der Waals surface area contributed by atoms with E-state index in [4.69, 9.17) is 16.3 Å². The molecule has 4 rings (SSSR count). The van der Waals surface area contributed by atoms with Crippen LogP contribution in [-0.2, 0) is 4.74 Å². The summed E-state index contributed by atoms with van der Waals surface area (Å²) in [6.45, 7) is 4.73. The average Bonchev–Trinajstić information content (AvgIpc) is 2.69. The van der Waals surface area contributed by atoms with E-state index in [0.717, 1.165) is 65.4 Å². The summed E-state index contributed by atoms with van der Waals surface area (Å²) in [6.07, 6.45) is 2.43. The quantitative estimate of drug-likeness (QED) is 0.653. The third kappa shape index (κ3) is 3.39. The Morgan fingerprint density at radius 3 is 2.38 bits per heavy atom. The van der Waals surface area contributed by atoms with Gasteiger partial charge in [0.05, 0.1) is 6.10 Å². The second-order valence-electron chi connectivity index (χ2n) is 6.57. The van der Waals surface area contributed by atoms with Gasteiger partial charge in [0.2, 0.25) is 0 Å². The Kier molecular flexibility index (Phi) is 5.05. The number of nitrogens with zero attached hydrogens (tertiary/aromatic N) is 3. The molecule has 1 aromatic heterocycles. The molecule has 4 nitrogen and oxygen atoms in total. The zero-order valence-electron chi connectivity index (χ0n) is 14.9. The number of anilines is 1. The summed E-state index contributed by atoms with van der Waals surface area (Å²) in [5.41, 5.74) is 1.92. The van der Waals surface area contributed by atoms with Gasteiger partial charge in [-0.25, -0.2) is 0 Å². The van der Waals surface area contributed by atoms with Crippen LogP contribution in [0.2, 0.25) is 5.02 Å². The molecule has 5 heteroatoms. The lowest BCUT2D eigenvalue weighted by atomic mass is 10.0. The van der Waals surface area contributed by atoms with Gasteiger partial charge < -0.3 is 9.64 Å². The first-order chi connectivity index (χ1) is 12.8. The molecule has 1 aliphatic heterocycles. The van der Waals surface area contributed by atoms with E-state index in [1.165, 1.54) is 0 Å². The third-order valence-corrected chi connectivity index (χ3v) is 5.18. The van der Waals surface area contributed by atoms with Crippen molar-refractivity contribution in [3.63, 3.8) is 0 Å². The minimum atomic E-state index is 0.365. The number of halogens is 1. The Hall–Kier alpha value is -2.17. The minimum absolute atomic E-state index is 0.365. The molecule has 1 saturated heterocycles. The second kappa shape index (κ2) is 7.60. The van der Waals surface area contributed by atoms with E-state index in [1.54, 1.807) is 0 Å². The highest BCUT2D eigenvalue weighted by atomic mass is 35.5. The number of hydrogen-bond donors (Lipinski definition) is 0. The monoisotopic (exact) mass is 367 g/mol. The van der Waals surface area contributed by atoms with Gasteiger partial charge in [-0.05, 0) is 31.9 Å². The van der Waals surface area contributed by atoms with Gasteiger partial charge in [-0.3, -0.25) is 0 Å². The van der Waals surface area contributed by atoms with Crippen LogP contribution in [0.15, 0.2) is 48.5 Å². The van der Waals surface area contributed by atoms with E-state index in [2.05, 4.69) is 46.3 Å². The van der Waals surface area contributed by atoms with E-state index in [9.17, 15) is 0 Å². The van der Waals surface area contributed by atoms with Crippen molar-refractivity contribution in [2.75, 3.05) is 24.6 Å². The van der Waals surface area contributed by atoms with Crippen molar-refractivity contribution in [3.8, 4) is 11.3 Å². The molecule has 3 aromatic rings. The van der Waals surface area contributed by atoms with Gasteiger partial charge in [0.15, 0.2) is 5.82 Å². The van der Waals surface area contributed by atoms with Gasteiger partial charge in [-0.15, -0.1) is 10.2 Å². The van der Waals surface area contributed by atoms with Gasteiger partial charge in [-0.1, -0.05) is 48.0 Å². The molecule has 0 radical (unpaired) electrons. The van der Waals surface area contributed by atoms with E-state index < -0.39 is 0 Å². The first kappa shape index (κ1) is 17.3. The molecule has 0 spiro atoms. The highest BCUT2D eigenvalue weighted by molar-refractivity contribution is 6.30. The summed E-state index contributed by atoms with van der Waals surface area (Å²) < 4.78 is 5.77.